The van der Waals surface area contributed by atoms with Crippen molar-refractivity contribution in [1.82, 2.24) is 9.80 Å². The Kier molecular flexibility index (Phi) is 5.11. The summed E-state index contributed by atoms with van der Waals surface area (Å²) in [4.78, 5) is 16.9. The lowest BCUT2D eigenvalue weighted by atomic mass is 9.89. The summed E-state index contributed by atoms with van der Waals surface area (Å²) in [6.07, 6.45) is 1.12. The van der Waals surface area contributed by atoms with Crippen molar-refractivity contribution < 1.29 is 4.79 Å². The zero-order chi connectivity index (χ0) is 18.7. The summed E-state index contributed by atoms with van der Waals surface area (Å²) < 4.78 is 0. The molecule has 1 heterocycles. The van der Waals surface area contributed by atoms with E-state index in [9.17, 15) is 4.79 Å². The van der Waals surface area contributed by atoms with Gasteiger partial charge in [-0.05, 0) is 60.8 Å². The first-order valence-electron chi connectivity index (χ1n) is 8.95. The summed E-state index contributed by atoms with van der Waals surface area (Å²) in [6.45, 7) is 5.14. The van der Waals surface area contributed by atoms with Crippen molar-refractivity contribution in [3.8, 4) is 17.2 Å². The fraction of sp³-hybridized carbons (Fsp3) is 0.364. The minimum absolute atomic E-state index is 0.0538. The third-order valence-corrected chi connectivity index (χ3v) is 5.17. The van der Waals surface area contributed by atoms with Crippen LogP contribution in [-0.4, -0.2) is 49.4 Å². The molecule has 1 fully saturated rings. The van der Waals surface area contributed by atoms with Gasteiger partial charge in [-0.25, -0.2) is 0 Å². The smallest absolute Gasteiger partial charge is 0.253 e. The van der Waals surface area contributed by atoms with Gasteiger partial charge in [0.05, 0.1) is 11.6 Å². The minimum atomic E-state index is 0.0538. The molecule has 26 heavy (non-hydrogen) atoms. The van der Waals surface area contributed by atoms with E-state index in [0.717, 1.165) is 37.2 Å². The van der Waals surface area contributed by atoms with Crippen molar-refractivity contribution in [2.24, 2.45) is 5.41 Å². The molecule has 0 N–H and O–H groups in total. The summed E-state index contributed by atoms with van der Waals surface area (Å²) in [5.41, 5.74) is 3.49. The second-order valence-corrected chi connectivity index (χ2v) is 7.73. The number of carbonyl (C=O) groups is 1. The molecule has 2 aromatic rings. The van der Waals surface area contributed by atoms with Crippen molar-refractivity contribution in [3.05, 3.63) is 59.7 Å². The Morgan fingerprint density at radius 1 is 1.23 bits per heavy atom. The first kappa shape index (κ1) is 18.2. The van der Waals surface area contributed by atoms with Crippen LogP contribution in [0.15, 0.2) is 48.5 Å². The summed E-state index contributed by atoms with van der Waals surface area (Å²) in [5, 5.41) is 9.04. The molecule has 0 bridgehead atoms. The van der Waals surface area contributed by atoms with E-state index in [4.69, 9.17) is 5.26 Å². The molecule has 1 atom stereocenters. The van der Waals surface area contributed by atoms with E-state index < -0.39 is 0 Å². The average Bonchev–Trinajstić information content (AvgIpc) is 2.99. The molecule has 1 amide bonds. The summed E-state index contributed by atoms with van der Waals surface area (Å²) in [7, 11) is 4.02. The normalized spacial score (nSPS) is 19.9. The molecule has 134 valence electrons. The quantitative estimate of drug-likeness (QED) is 0.848. The predicted octanol–water partition coefficient (Wildman–Crippen LogP) is 3.64. The second kappa shape index (κ2) is 7.31. The molecule has 0 aromatic heterocycles. The van der Waals surface area contributed by atoms with E-state index >= 15 is 0 Å². The molecule has 1 aliphatic heterocycles. The van der Waals surface area contributed by atoms with Crippen molar-refractivity contribution in [2.45, 2.75) is 13.3 Å². The number of carbonyl (C=O) groups excluding carboxylic acids is 1. The van der Waals surface area contributed by atoms with Gasteiger partial charge in [-0.1, -0.05) is 31.2 Å². The number of amides is 1. The van der Waals surface area contributed by atoms with Gasteiger partial charge < -0.3 is 9.80 Å². The van der Waals surface area contributed by atoms with Gasteiger partial charge >= 0.3 is 0 Å². The Hall–Kier alpha value is -2.64. The predicted molar refractivity (Wildman–Crippen MR) is 104 cm³/mol. The Morgan fingerprint density at radius 2 is 1.96 bits per heavy atom. The summed E-state index contributed by atoms with van der Waals surface area (Å²) in [6, 6.07) is 17.3. The largest absolute Gasteiger partial charge is 0.341 e. The van der Waals surface area contributed by atoms with Gasteiger partial charge in [0.25, 0.3) is 5.91 Å². The highest BCUT2D eigenvalue weighted by Gasteiger charge is 2.34. The van der Waals surface area contributed by atoms with E-state index in [2.05, 4.69) is 24.9 Å². The van der Waals surface area contributed by atoms with Crippen LogP contribution >= 0.6 is 0 Å². The molecule has 0 saturated carbocycles. The molecule has 3 rings (SSSR count). The highest BCUT2D eigenvalue weighted by Crippen LogP contribution is 2.30. The maximum Gasteiger partial charge on any atom is 0.253 e. The highest BCUT2D eigenvalue weighted by atomic mass is 16.2. The van der Waals surface area contributed by atoms with E-state index in [0.29, 0.717) is 11.1 Å². The fourth-order valence-electron chi connectivity index (χ4n) is 3.84. The van der Waals surface area contributed by atoms with E-state index in [1.807, 2.05) is 54.4 Å². The standard InChI is InChI=1S/C22H25N3O/c1-22(11-12-24(2)15-22)16-25(3)21(26)19-9-7-18(8-10-19)20-6-4-5-17(13-20)14-23/h4-10,13H,11-12,15-16H2,1-3H3/t22-/m1/s1. The van der Waals surface area contributed by atoms with Crippen molar-refractivity contribution >= 4 is 5.91 Å². The zero-order valence-corrected chi connectivity index (χ0v) is 15.7. The van der Waals surface area contributed by atoms with Gasteiger partial charge in [0, 0.05) is 25.7 Å². The molecule has 0 radical (unpaired) electrons. The molecule has 1 saturated heterocycles. The molecule has 4 heteroatoms. The first-order valence-corrected chi connectivity index (χ1v) is 8.95. The maximum atomic E-state index is 12.8. The monoisotopic (exact) mass is 347 g/mol. The van der Waals surface area contributed by atoms with Gasteiger partial charge in [0.15, 0.2) is 0 Å². The van der Waals surface area contributed by atoms with E-state index in [-0.39, 0.29) is 11.3 Å². The Morgan fingerprint density at radius 3 is 2.58 bits per heavy atom. The van der Waals surface area contributed by atoms with Crippen molar-refractivity contribution in [3.63, 3.8) is 0 Å². The SMILES string of the molecule is CN1CC[C@@](C)(CN(C)C(=O)c2ccc(-c3cccc(C#N)c3)cc2)C1. The number of likely N-dealkylation sites (tertiary alicyclic amines) is 1. The zero-order valence-electron chi connectivity index (χ0n) is 15.7. The number of rotatable bonds is 4. The number of nitriles is 1. The fourth-order valence-corrected chi connectivity index (χ4v) is 3.84. The first-order chi connectivity index (χ1) is 12.4. The molecular weight excluding hydrogens is 322 g/mol. The number of benzene rings is 2. The average molecular weight is 347 g/mol. The van der Waals surface area contributed by atoms with Gasteiger partial charge in [0.2, 0.25) is 0 Å². The lowest BCUT2D eigenvalue weighted by molar-refractivity contribution is 0.0730. The Labute approximate surface area is 155 Å². The van der Waals surface area contributed by atoms with Gasteiger partial charge in [0.1, 0.15) is 0 Å². The van der Waals surface area contributed by atoms with Gasteiger partial charge in [-0.2, -0.15) is 5.26 Å². The van der Waals surface area contributed by atoms with Crippen molar-refractivity contribution in [1.29, 1.82) is 5.26 Å². The lowest BCUT2D eigenvalue weighted by Crippen LogP contribution is -2.38. The molecule has 2 aromatic carbocycles. The lowest BCUT2D eigenvalue weighted by Gasteiger charge is -2.30. The number of nitrogens with zero attached hydrogens (tertiary/aromatic N) is 3. The molecular formula is C22H25N3O. The second-order valence-electron chi connectivity index (χ2n) is 7.73. The molecule has 0 spiro atoms. The Balaban J connectivity index is 1.71. The third kappa shape index (κ3) is 3.95. The minimum Gasteiger partial charge on any atom is -0.341 e. The Bertz CT molecular complexity index is 837. The number of hydrogen-bond donors (Lipinski definition) is 0. The topological polar surface area (TPSA) is 47.3 Å². The van der Waals surface area contributed by atoms with Crippen LogP contribution in [0.5, 0.6) is 0 Å². The molecule has 0 aliphatic carbocycles. The van der Waals surface area contributed by atoms with Crippen LogP contribution in [-0.2, 0) is 0 Å². The molecule has 1 aliphatic rings. The van der Waals surface area contributed by atoms with Crippen LogP contribution < -0.4 is 0 Å². The van der Waals surface area contributed by atoms with Crippen LogP contribution in [0.1, 0.15) is 29.3 Å². The van der Waals surface area contributed by atoms with Crippen molar-refractivity contribution in [2.75, 3.05) is 33.7 Å². The molecule has 4 nitrogen and oxygen atoms in total. The summed E-state index contributed by atoms with van der Waals surface area (Å²) in [5.74, 6) is 0.0538. The van der Waals surface area contributed by atoms with Crippen LogP contribution in [0.2, 0.25) is 0 Å². The van der Waals surface area contributed by atoms with Gasteiger partial charge in [-0.3, -0.25) is 4.79 Å². The molecule has 0 unspecified atom stereocenters. The highest BCUT2D eigenvalue weighted by molar-refractivity contribution is 5.94. The van der Waals surface area contributed by atoms with Gasteiger partial charge in [-0.15, -0.1) is 0 Å². The summed E-state index contributed by atoms with van der Waals surface area (Å²) >= 11 is 0. The third-order valence-electron chi connectivity index (χ3n) is 5.17. The van der Waals surface area contributed by atoms with E-state index in [1.54, 1.807) is 6.07 Å². The van der Waals surface area contributed by atoms with Crippen LogP contribution in [0.25, 0.3) is 11.1 Å². The van der Waals surface area contributed by atoms with Crippen LogP contribution in [0, 0.1) is 16.7 Å². The van der Waals surface area contributed by atoms with E-state index in [1.165, 1.54) is 0 Å². The van der Waals surface area contributed by atoms with Crippen LogP contribution in [0.4, 0.5) is 0 Å². The number of hydrogen-bond acceptors (Lipinski definition) is 3. The van der Waals surface area contributed by atoms with Crippen LogP contribution in [0.3, 0.4) is 0 Å². The maximum absolute atomic E-state index is 12.8.